The lowest BCUT2D eigenvalue weighted by Crippen LogP contribution is -3.00. The van der Waals surface area contributed by atoms with Crippen LogP contribution in [0.15, 0.2) is 82.9 Å². The van der Waals surface area contributed by atoms with Gasteiger partial charge in [-0.25, -0.2) is 0 Å². The summed E-state index contributed by atoms with van der Waals surface area (Å²) >= 11 is 1.82. The predicted octanol–water partition coefficient (Wildman–Crippen LogP) is 2.25. The third-order valence-electron chi connectivity index (χ3n) is 4.59. The normalized spacial score (nSPS) is 14.8. The fraction of sp³-hybridized carbons (Fsp3) is 0.136. The number of aromatic nitrogens is 1. The summed E-state index contributed by atoms with van der Waals surface area (Å²) in [7, 11) is 2.13. The van der Waals surface area contributed by atoms with Crippen molar-refractivity contribution in [2.24, 2.45) is 0 Å². The fourth-order valence-electron chi connectivity index (χ4n) is 3.23. The van der Waals surface area contributed by atoms with Gasteiger partial charge in [0.05, 0.1) is 16.1 Å². The van der Waals surface area contributed by atoms with E-state index in [4.69, 9.17) is 0 Å². The number of hydrogen-bond donors (Lipinski definition) is 0. The molecule has 0 amide bonds. The van der Waals surface area contributed by atoms with Crippen LogP contribution in [0.1, 0.15) is 12.5 Å². The van der Waals surface area contributed by atoms with E-state index in [9.17, 15) is 0 Å². The topological polar surface area (TPSA) is 7.12 Å². The van der Waals surface area contributed by atoms with Crippen molar-refractivity contribution in [1.29, 1.82) is 0 Å². The molecule has 132 valence electrons. The molecule has 4 heteroatoms. The van der Waals surface area contributed by atoms with E-state index in [-0.39, 0.29) is 24.0 Å². The zero-order valence-corrected chi connectivity index (χ0v) is 17.9. The third-order valence-corrected chi connectivity index (χ3v) is 5.77. The monoisotopic (exact) mass is 472 g/mol. The van der Waals surface area contributed by atoms with Crippen LogP contribution < -0.4 is 33.4 Å². The van der Waals surface area contributed by atoms with Crippen LogP contribution in [-0.4, -0.2) is 7.05 Å². The number of halogens is 1. The van der Waals surface area contributed by atoms with E-state index in [1.54, 1.807) is 0 Å². The second-order valence-corrected chi connectivity index (χ2v) is 7.13. The highest BCUT2D eigenvalue weighted by atomic mass is 127. The Morgan fingerprint density at radius 1 is 1.04 bits per heavy atom. The molecule has 0 N–H and O–H groups in total. The molecule has 0 saturated carbocycles. The van der Waals surface area contributed by atoms with E-state index in [0.717, 1.165) is 6.54 Å². The number of nitrogens with zero attached hydrogens (tertiary/aromatic N) is 2. The van der Waals surface area contributed by atoms with E-state index in [1.807, 2.05) is 11.8 Å². The largest absolute Gasteiger partial charge is 1.00 e. The summed E-state index contributed by atoms with van der Waals surface area (Å²) in [5, 5.41) is 2.54. The smallest absolute Gasteiger partial charge is 0.213 e. The van der Waals surface area contributed by atoms with Gasteiger partial charge in [-0.05, 0) is 36.8 Å². The van der Waals surface area contributed by atoms with Crippen molar-refractivity contribution in [3.63, 3.8) is 0 Å². The quantitative estimate of drug-likeness (QED) is 0.427. The fourth-order valence-corrected chi connectivity index (χ4v) is 4.29. The van der Waals surface area contributed by atoms with Gasteiger partial charge < -0.3 is 28.9 Å². The molecule has 0 saturated heterocycles. The maximum atomic E-state index is 2.28. The molecule has 0 fully saturated rings. The number of hydrogen-bond acceptors (Lipinski definition) is 2. The highest BCUT2D eigenvalue weighted by molar-refractivity contribution is 8.03. The van der Waals surface area contributed by atoms with E-state index >= 15 is 0 Å². The van der Waals surface area contributed by atoms with Crippen LogP contribution in [0.5, 0.6) is 0 Å². The van der Waals surface area contributed by atoms with Crippen LogP contribution >= 0.6 is 11.8 Å². The SMILES string of the molecule is CC[n+]1ccc(/C=C/C=C2/Sc3ccccc3N2C)c2ccccc21.[I-]. The molecule has 0 radical (unpaired) electrons. The van der Waals surface area contributed by atoms with Gasteiger partial charge in [-0.15, -0.1) is 0 Å². The molecular weight excluding hydrogens is 451 g/mol. The molecule has 0 spiro atoms. The number of thioether (sulfide) groups is 1. The lowest BCUT2D eigenvalue weighted by molar-refractivity contribution is -0.667. The van der Waals surface area contributed by atoms with E-state index in [0.29, 0.717) is 0 Å². The van der Waals surface area contributed by atoms with E-state index in [1.165, 1.54) is 32.1 Å². The summed E-state index contributed by atoms with van der Waals surface area (Å²) in [5.41, 5.74) is 3.81. The molecule has 2 heterocycles. The molecule has 3 aromatic rings. The van der Waals surface area contributed by atoms with Gasteiger partial charge in [-0.2, -0.15) is 4.57 Å². The van der Waals surface area contributed by atoms with Crippen molar-refractivity contribution in [3.05, 3.63) is 83.5 Å². The van der Waals surface area contributed by atoms with Gasteiger partial charge in [0.15, 0.2) is 6.20 Å². The van der Waals surface area contributed by atoms with E-state index in [2.05, 4.69) is 102 Å². The molecule has 0 atom stereocenters. The first kappa shape index (κ1) is 19.0. The Hall–Kier alpha value is -1.79. The van der Waals surface area contributed by atoms with Gasteiger partial charge in [0.2, 0.25) is 5.52 Å². The molecule has 0 unspecified atom stereocenters. The number of fused-ring (bicyclic) bond motifs is 2. The summed E-state index contributed by atoms with van der Waals surface area (Å²) in [6.07, 6.45) is 8.72. The summed E-state index contributed by atoms with van der Waals surface area (Å²) in [6, 6.07) is 19.3. The van der Waals surface area contributed by atoms with Gasteiger partial charge >= 0.3 is 0 Å². The summed E-state index contributed by atoms with van der Waals surface area (Å²) in [4.78, 5) is 3.57. The Labute approximate surface area is 176 Å². The molecule has 1 aliphatic heterocycles. The van der Waals surface area contributed by atoms with Crippen LogP contribution in [0.25, 0.3) is 17.0 Å². The van der Waals surface area contributed by atoms with Gasteiger partial charge in [0.1, 0.15) is 6.54 Å². The first-order valence-electron chi connectivity index (χ1n) is 8.58. The van der Waals surface area contributed by atoms with Crippen molar-refractivity contribution in [1.82, 2.24) is 0 Å². The maximum absolute atomic E-state index is 2.28. The Bertz CT molecular complexity index is 994. The van der Waals surface area contributed by atoms with Crippen LogP contribution in [-0.2, 0) is 6.54 Å². The Morgan fingerprint density at radius 3 is 2.62 bits per heavy atom. The summed E-state index contributed by atoms with van der Waals surface area (Å²) in [5.74, 6) is 0. The third kappa shape index (κ3) is 3.53. The molecule has 26 heavy (non-hydrogen) atoms. The molecule has 1 aliphatic rings. The zero-order chi connectivity index (χ0) is 17.2. The standard InChI is InChI=1S/C22H21N2S.HI/c1-3-24-16-15-17(18-10-4-5-11-19(18)24)9-8-14-22-23(2)20-12-6-7-13-21(20)25-22;/h4-16H,3H2,1-2H3;1H/q+1;/p-1. The van der Waals surface area contributed by atoms with Crippen LogP contribution in [0.3, 0.4) is 0 Å². The lowest BCUT2D eigenvalue weighted by Gasteiger charge is -2.12. The number of aryl methyl sites for hydroxylation is 1. The molecule has 4 rings (SSSR count). The minimum Gasteiger partial charge on any atom is -1.00 e. The van der Waals surface area contributed by atoms with Crippen LogP contribution in [0.4, 0.5) is 5.69 Å². The minimum absolute atomic E-state index is 0. The second-order valence-electron chi connectivity index (χ2n) is 6.07. The molecule has 0 bridgehead atoms. The summed E-state index contributed by atoms with van der Waals surface area (Å²) < 4.78 is 2.28. The number of benzene rings is 2. The zero-order valence-electron chi connectivity index (χ0n) is 14.9. The van der Waals surface area contributed by atoms with Crippen LogP contribution in [0.2, 0.25) is 0 Å². The van der Waals surface area contributed by atoms with E-state index < -0.39 is 0 Å². The first-order chi connectivity index (χ1) is 12.3. The number of allylic oxidation sites excluding steroid dienone is 2. The lowest BCUT2D eigenvalue weighted by atomic mass is 10.1. The van der Waals surface area contributed by atoms with Gasteiger partial charge in [0, 0.05) is 24.1 Å². The molecule has 2 aromatic carbocycles. The predicted molar refractivity (Wildman–Crippen MR) is 108 cm³/mol. The highest BCUT2D eigenvalue weighted by Gasteiger charge is 2.20. The summed E-state index contributed by atoms with van der Waals surface area (Å²) in [6.45, 7) is 3.16. The molecular formula is C22H21IN2S. The number of para-hydroxylation sites is 2. The second kappa shape index (κ2) is 8.27. The molecule has 0 aliphatic carbocycles. The maximum Gasteiger partial charge on any atom is 0.213 e. The van der Waals surface area contributed by atoms with Crippen molar-refractivity contribution < 1.29 is 28.5 Å². The van der Waals surface area contributed by atoms with Gasteiger partial charge in [-0.3, -0.25) is 0 Å². The Morgan fingerprint density at radius 2 is 1.81 bits per heavy atom. The van der Waals surface area contributed by atoms with Crippen molar-refractivity contribution in [2.45, 2.75) is 18.4 Å². The van der Waals surface area contributed by atoms with Crippen molar-refractivity contribution >= 4 is 34.4 Å². The first-order valence-corrected chi connectivity index (χ1v) is 9.40. The Kier molecular flexibility index (Phi) is 6.04. The average molecular weight is 472 g/mol. The highest BCUT2D eigenvalue weighted by Crippen LogP contribution is 2.44. The van der Waals surface area contributed by atoms with Crippen LogP contribution in [0, 0.1) is 0 Å². The average Bonchev–Trinajstić information content (AvgIpc) is 2.98. The number of pyridine rings is 1. The molecule has 1 aromatic heterocycles. The van der Waals surface area contributed by atoms with Crippen molar-refractivity contribution in [3.8, 4) is 0 Å². The van der Waals surface area contributed by atoms with Gasteiger partial charge in [-0.1, -0.05) is 48.2 Å². The number of rotatable bonds is 3. The molecule has 2 nitrogen and oxygen atoms in total. The van der Waals surface area contributed by atoms with Crippen molar-refractivity contribution in [2.75, 3.05) is 11.9 Å². The minimum atomic E-state index is 0. The van der Waals surface area contributed by atoms with Gasteiger partial charge in [0.25, 0.3) is 0 Å². The Balaban J connectivity index is 0.00000196. The number of anilines is 1.